The van der Waals surface area contributed by atoms with Gasteiger partial charge in [-0.3, -0.25) is 14.9 Å². The van der Waals surface area contributed by atoms with Crippen molar-refractivity contribution in [2.45, 2.75) is 32.1 Å². The number of methoxy groups -OCH3 is 2. The summed E-state index contributed by atoms with van der Waals surface area (Å²) >= 11 is 0. The number of nitro benzene ring substituents is 1. The summed E-state index contributed by atoms with van der Waals surface area (Å²) in [6.07, 6.45) is 4.23. The van der Waals surface area contributed by atoms with Crippen molar-refractivity contribution >= 4 is 17.3 Å². The number of rotatable bonds is 10. The lowest BCUT2D eigenvalue weighted by atomic mass is 10.1. The number of benzene rings is 1. The molecular weight excluding hydrogens is 288 g/mol. The van der Waals surface area contributed by atoms with E-state index < -0.39 is 4.92 Å². The molecule has 7 heteroatoms. The van der Waals surface area contributed by atoms with Gasteiger partial charge < -0.3 is 14.8 Å². The van der Waals surface area contributed by atoms with Crippen LogP contribution >= 0.6 is 0 Å². The van der Waals surface area contributed by atoms with Gasteiger partial charge in [-0.1, -0.05) is 12.8 Å². The van der Waals surface area contributed by atoms with Crippen LogP contribution in [0.25, 0.3) is 0 Å². The molecular formula is C15H22N2O5. The summed E-state index contributed by atoms with van der Waals surface area (Å²) in [5.41, 5.74) is 0.743. The summed E-state index contributed by atoms with van der Waals surface area (Å²) < 4.78 is 9.59. The second-order valence-electron chi connectivity index (χ2n) is 4.81. The van der Waals surface area contributed by atoms with Gasteiger partial charge in [-0.2, -0.15) is 0 Å². The standard InChI is InChI=1S/C15H22N2O5/c1-21-14-11-12(8-9-13(14)17(19)20)16-10-6-4-3-5-7-15(18)22-2/h8-9,11,16H,3-7,10H2,1-2H3. The van der Waals surface area contributed by atoms with Gasteiger partial charge in [-0.25, -0.2) is 0 Å². The average Bonchev–Trinajstić information content (AvgIpc) is 2.53. The highest BCUT2D eigenvalue weighted by atomic mass is 16.6. The molecule has 1 aromatic carbocycles. The molecule has 0 spiro atoms. The maximum Gasteiger partial charge on any atom is 0.311 e. The maximum absolute atomic E-state index is 10.9. The first-order valence-corrected chi connectivity index (χ1v) is 7.21. The molecule has 0 amide bonds. The molecule has 0 bridgehead atoms. The first kappa shape index (κ1) is 17.7. The Kier molecular flexibility index (Phi) is 7.74. The predicted molar refractivity (Wildman–Crippen MR) is 83.2 cm³/mol. The molecule has 1 aromatic rings. The summed E-state index contributed by atoms with van der Waals surface area (Å²) in [5, 5.41) is 14.0. The Bertz CT molecular complexity index is 505. The van der Waals surface area contributed by atoms with E-state index in [1.54, 1.807) is 12.1 Å². The highest BCUT2D eigenvalue weighted by molar-refractivity contribution is 5.68. The van der Waals surface area contributed by atoms with Crippen LogP contribution in [0.3, 0.4) is 0 Å². The van der Waals surface area contributed by atoms with Crippen LogP contribution in [-0.4, -0.2) is 31.7 Å². The Hall–Kier alpha value is -2.31. The summed E-state index contributed by atoms with van der Waals surface area (Å²) in [6, 6.07) is 4.71. The minimum atomic E-state index is -0.468. The fourth-order valence-corrected chi connectivity index (χ4v) is 2.02. The first-order valence-electron chi connectivity index (χ1n) is 7.21. The number of carbonyl (C=O) groups excluding carboxylic acids is 1. The number of nitrogens with one attached hydrogen (secondary N) is 1. The zero-order valence-corrected chi connectivity index (χ0v) is 13.0. The fourth-order valence-electron chi connectivity index (χ4n) is 2.02. The SMILES string of the molecule is COC(=O)CCCCCCNc1ccc([N+](=O)[O-])c(OC)c1. The van der Waals surface area contributed by atoms with Crippen LogP contribution in [0.2, 0.25) is 0 Å². The second-order valence-corrected chi connectivity index (χ2v) is 4.81. The van der Waals surface area contributed by atoms with E-state index in [1.807, 2.05) is 0 Å². The van der Waals surface area contributed by atoms with Crippen molar-refractivity contribution in [3.8, 4) is 5.75 Å². The number of anilines is 1. The molecule has 0 aliphatic rings. The molecule has 22 heavy (non-hydrogen) atoms. The van der Waals surface area contributed by atoms with E-state index in [0.717, 1.165) is 37.9 Å². The van der Waals surface area contributed by atoms with E-state index in [9.17, 15) is 14.9 Å². The Morgan fingerprint density at radius 2 is 1.95 bits per heavy atom. The third-order valence-electron chi connectivity index (χ3n) is 3.24. The lowest BCUT2D eigenvalue weighted by molar-refractivity contribution is -0.385. The summed E-state index contributed by atoms with van der Waals surface area (Å²) in [7, 11) is 2.80. The number of nitro groups is 1. The zero-order valence-electron chi connectivity index (χ0n) is 13.0. The summed E-state index contributed by atoms with van der Waals surface area (Å²) in [4.78, 5) is 21.3. The third-order valence-corrected chi connectivity index (χ3v) is 3.24. The number of hydrogen-bond donors (Lipinski definition) is 1. The van der Waals surface area contributed by atoms with Crippen molar-refractivity contribution in [3.05, 3.63) is 28.3 Å². The minimum absolute atomic E-state index is 0.0455. The molecule has 122 valence electrons. The lowest BCUT2D eigenvalue weighted by Crippen LogP contribution is -2.03. The van der Waals surface area contributed by atoms with E-state index in [-0.39, 0.29) is 17.4 Å². The van der Waals surface area contributed by atoms with Crippen molar-refractivity contribution < 1.29 is 19.2 Å². The smallest absolute Gasteiger partial charge is 0.311 e. The van der Waals surface area contributed by atoms with Crippen molar-refractivity contribution in [1.29, 1.82) is 0 Å². The van der Waals surface area contributed by atoms with Gasteiger partial charge in [0.25, 0.3) is 0 Å². The molecule has 0 aliphatic heterocycles. The number of carbonyl (C=O) groups is 1. The zero-order chi connectivity index (χ0) is 16.4. The van der Waals surface area contributed by atoms with E-state index in [2.05, 4.69) is 10.1 Å². The quantitative estimate of drug-likeness (QED) is 0.309. The number of unbranched alkanes of at least 4 members (excludes halogenated alkanes) is 3. The van der Waals surface area contributed by atoms with E-state index in [0.29, 0.717) is 6.42 Å². The van der Waals surface area contributed by atoms with Crippen LogP contribution in [0.4, 0.5) is 11.4 Å². The Balaban J connectivity index is 2.28. The molecule has 0 aliphatic carbocycles. The van der Waals surface area contributed by atoms with Gasteiger partial charge in [0.2, 0.25) is 0 Å². The lowest BCUT2D eigenvalue weighted by Gasteiger charge is -2.08. The molecule has 0 heterocycles. The van der Waals surface area contributed by atoms with Gasteiger partial charge in [-0.15, -0.1) is 0 Å². The molecule has 0 atom stereocenters. The minimum Gasteiger partial charge on any atom is -0.490 e. The molecule has 0 radical (unpaired) electrons. The molecule has 0 saturated carbocycles. The van der Waals surface area contributed by atoms with Gasteiger partial charge >= 0.3 is 11.7 Å². The summed E-state index contributed by atoms with van der Waals surface area (Å²) in [5.74, 6) is 0.0733. The Morgan fingerprint density at radius 1 is 1.23 bits per heavy atom. The van der Waals surface area contributed by atoms with Gasteiger partial charge in [0, 0.05) is 30.8 Å². The van der Waals surface area contributed by atoms with Crippen molar-refractivity contribution in [2.75, 3.05) is 26.1 Å². The average molecular weight is 310 g/mol. The number of hydrogen-bond acceptors (Lipinski definition) is 6. The van der Waals surface area contributed by atoms with E-state index in [4.69, 9.17) is 4.74 Å². The topological polar surface area (TPSA) is 90.7 Å². The molecule has 0 aromatic heterocycles. The van der Waals surface area contributed by atoms with Crippen molar-refractivity contribution in [3.63, 3.8) is 0 Å². The van der Waals surface area contributed by atoms with Crippen LogP contribution in [0.15, 0.2) is 18.2 Å². The maximum atomic E-state index is 10.9. The van der Waals surface area contributed by atoms with Crippen LogP contribution in [-0.2, 0) is 9.53 Å². The second kappa shape index (κ2) is 9.59. The third kappa shape index (κ3) is 5.99. The molecule has 1 N–H and O–H groups in total. The number of esters is 1. The van der Waals surface area contributed by atoms with Gasteiger partial charge in [-0.05, 0) is 18.9 Å². The molecule has 7 nitrogen and oxygen atoms in total. The number of nitrogens with zero attached hydrogens (tertiary/aromatic N) is 1. The molecule has 0 saturated heterocycles. The predicted octanol–water partition coefficient (Wildman–Crippen LogP) is 3.14. The van der Waals surface area contributed by atoms with Crippen LogP contribution in [0.1, 0.15) is 32.1 Å². The van der Waals surface area contributed by atoms with Crippen molar-refractivity contribution in [1.82, 2.24) is 0 Å². The molecule has 0 fully saturated rings. The monoisotopic (exact) mass is 310 g/mol. The van der Waals surface area contributed by atoms with Crippen LogP contribution < -0.4 is 10.1 Å². The highest BCUT2D eigenvalue weighted by Crippen LogP contribution is 2.29. The van der Waals surface area contributed by atoms with Crippen molar-refractivity contribution in [2.24, 2.45) is 0 Å². The largest absolute Gasteiger partial charge is 0.490 e. The van der Waals surface area contributed by atoms with Gasteiger partial charge in [0.1, 0.15) is 0 Å². The Morgan fingerprint density at radius 3 is 2.59 bits per heavy atom. The van der Waals surface area contributed by atoms with Crippen LogP contribution in [0.5, 0.6) is 5.75 Å². The molecule has 0 unspecified atom stereocenters. The van der Waals surface area contributed by atoms with Gasteiger partial charge in [0.15, 0.2) is 5.75 Å². The molecule has 1 rings (SSSR count). The Labute approximate surface area is 129 Å². The van der Waals surface area contributed by atoms with Crippen LogP contribution in [0, 0.1) is 10.1 Å². The van der Waals surface area contributed by atoms with Gasteiger partial charge in [0.05, 0.1) is 19.1 Å². The normalized spacial score (nSPS) is 10.1. The first-order chi connectivity index (χ1) is 10.6. The highest BCUT2D eigenvalue weighted by Gasteiger charge is 2.14. The van der Waals surface area contributed by atoms with E-state index >= 15 is 0 Å². The van der Waals surface area contributed by atoms with E-state index in [1.165, 1.54) is 20.3 Å². The summed E-state index contributed by atoms with van der Waals surface area (Å²) in [6.45, 7) is 0.763. The number of ether oxygens (including phenoxy) is 2. The fraction of sp³-hybridized carbons (Fsp3) is 0.533.